The van der Waals surface area contributed by atoms with Crippen molar-refractivity contribution in [3.63, 3.8) is 0 Å². The number of hydrogen-bond acceptors (Lipinski definition) is 4. The van der Waals surface area contributed by atoms with E-state index in [2.05, 4.69) is 62.0 Å². The van der Waals surface area contributed by atoms with Gasteiger partial charge in [0, 0.05) is 43.7 Å². The highest BCUT2D eigenvalue weighted by Crippen LogP contribution is 2.17. The van der Waals surface area contributed by atoms with Crippen LogP contribution in [0.3, 0.4) is 0 Å². The lowest BCUT2D eigenvalue weighted by molar-refractivity contribution is 0.204. The van der Waals surface area contributed by atoms with Crippen LogP contribution < -0.4 is 10.2 Å². The summed E-state index contributed by atoms with van der Waals surface area (Å²) in [7, 11) is 1.74. The second-order valence-electron chi connectivity index (χ2n) is 6.39. The molecule has 20 heavy (non-hydrogen) atoms. The molecule has 0 bridgehead atoms. The smallest absolute Gasteiger partial charge is 0.0637 e. The maximum atomic E-state index is 5.20. The monoisotopic (exact) mass is 279 g/mol. The first kappa shape index (κ1) is 16.9. The molecule has 1 rings (SSSR count). The SMILES string of the molecule is COCCN(c1ccnc(CNC(C)(C)C)c1)C(C)C. The molecule has 0 amide bonds. The average molecular weight is 279 g/mol. The lowest BCUT2D eigenvalue weighted by atomic mass is 10.1. The third-order valence-corrected chi connectivity index (χ3v) is 3.09. The first-order chi connectivity index (χ1) is 9.33. The standard InChI is InChI=1S/C16H29N3O/c1-13(2)19(9-10-20-6)15-7-8-17-14(11-15)12-18-16(3,4)5/h7-8,11,13,18H,9-10,12H2,1-6H3. The Morgan fingerprint density at radius 2 is 2.05 bits per heavy atom. The van der Waals surface area contributed by atoms with E-state index in [0.717, 1.165) is 25.4 Å². The zero-order valence-corrected chi connectivity index (χ0v) is 13.7. The quantitative estimate of drug-likeness (QED) is 0.833. The first-order valence-corrected chi connectivity index (χ1v) is 7.29. The van der Waals surface area contributed by atoms with Crippen molar-refractivity contribution in [2.75, 3.05) is 25.2 Å². The molecule has 4 nitrogen and oxygen atoms in total. The van der Waals surface area contributed by atoms with E-state index in [0.29, 0.717) is 6.04 Å². The van der Waals surface area contributed by atoms with E-state index in [1.165, 1.54) is 5.69 Å². The largest absolute Gasteiger partial charge is 0.383 e. The molecule has 0 aromatic carbocycles. The van der Waals surface area contributed by atoms with Crippen molar-refractivity contribution in [2.24, 2.45) is 0 Å². The second kappa shape index (κ2) is 7.60. The molecular weight excluding hydrogens is 250 g/mol. The van der Waals surface area contributed by atoms with Crippen molar-refractivity contribution in [3.05, 3.63) is 24.0 Å². The number of pyridine rings is 1. The van der Waals surface area contributed by atoms with Crippen molar-refractivity contribution < 1.29 is 4.74 Å². The van der Waals surface area contributed by atoms with E-state index in [9.17, 15) is 0 Å². The summed E-state index contributed by atoms with van der Waals surface area (Å²) in [4.78, 5) is 6.78. The van der Waals surface area contributed by atoms with Crippen LogP contribution in [0.15, 0.2) is 18.3 Å². The second-order valence-corrected chi connectivity index (χ2v) is 6.39. The molecule has 1 N–H and O–H groups in total. The minimum absolute atomic E-state index is 0.103. The van der Waals surface area contributed by atoms with Gasteiger partial charge >= 0.3 is 0 Å². The average Bonchev–Trinajstić information content (AvgIpc) is 2.36. The summed E-state index contributed by atoms with van der Waals surface area (Å²) in [6, 6.07) is 4.67. The van der Waals surface area contributed by atoms with Gasteiger partial charge in [-0.1, -0.05) is 0 Å². The number of hydrogen-bond donors (Lipinski definition) is 1. The number of rotatable bonds is 7. The minimum atomic E-state index is 0.103. The summed E-state index contributed by atoms with van der Waals surface area (Å²) in [6.45, 7) is 13.3. The van der Waals surface area contributed by atoms with Crippen molar-refractivity contribution >= 4 is 5.69 Å². The molecule has 0 aliphatic rings. The van der Waals surface area contributed by atoms with Crippen molar-refractivity contribution in [1.29, 1.82) is 0 Å². The van der Waals surface area contributed by atoms with E-state index >= 15 is 0 Å². The summed E-state index contributed by atoms with van der Waals surface area (Å²) in [6.07, 6.45) is 1.89. The van der Waals surface area contributed by atoms with Gasteiger partial charge in [0.15, 0.2) is 0 Å². The predicted octanol–water partition coefficient (Wildman–Crippen LogP) is 2.83. The van der Waals surface area contributed by atoms with Crippen LogP contribution in [0.4, 0.5) is 5.69 Å². The molecule has 0 unspecified atom stereocenters. The van der Waals surface area contributed by atoms with Gasteiger partial charge < -0.3 is 15.0 Å². The van der Waals surface area contributed by atoms with Crippen LogP contribution in [-0.2, 0) is 11.3 Å². The van der Waals surface area contributed by atoms with Crippen LogP contribution in [-0.4, -0.2) is 36.8 Å². The number of ether oxygens (including phenoxy) is 1. The Bertz CT molecular complexity index is 399. The van der Waals surface area contributed by atoms with Crippen molar-refractivity contribution in [2.45, 2.75) is 52.7 Å². The van der Waals surface area contributed by atoms with E-state index in [4.69, 9.17) is 4.74 Å². The van der Waals surface area contributed by atoms with E-state index in [1.807, 2.05) is 6.20 Å². The summed E-state index contributed by atoms with van der Waals surface area (Å²) in [5, 5.41) is 3.47. The Morgan fingerprint density at radius 1 is 1.35 bits per heavy atom. The van der Waals surface area contributed by atoms with Crippen LogP contribution in [0, 0.1) is 0 Å². The highest BCUT2D eigenvalue weighted by Gasteiger charge is 2.12. The number of anilines is 1. The molecular formula is C16H29N3O. The fraction of sp³-hybridized carbons (Fsp3) is 0.688. The molecule has 0 aliphatic heterocycles. The number of aromatic nitrogens is 1. The van der Waals surface area contributed by atoms with Crippen molar-refractivity contribution in [3.8, 4) is 0 Å². The first-order valence-electron chi connectivity index (χ1n) is 7.29. The maximum absolute atomic E-state index is 5.20. The van der Waals surface area contributed by atoms with E-state index in [-0.39, 0.29) is 5.54 Å². The molecule has 1 heterocycles. The third kappa shape index (κ3) is 5.88. The Labute approximate surface area is 123 Å². The predicted molar refractivity (Wildman–Crippen MR) is 85.2 cm³/mol. The number of nitrogens with zero attached hydrogens (tertiary/aromatic N) is 2. The normalized spacial score (nSPS) is 11.9. The minimum Gasteiger partial charge on any atom is -0.383 e. The highest BCUT2D eigenvalue weighted by molar-refractivity contribution is 5.47. The van der Waals surface area contributed by atoms with E-state index < -0.39 is 0 Å². The van der Waals surface area contributed by atoms with E-state index in [1.54, 1.807) is 7.11 Å². The summed E-state index contributed by atoms with van der Waals surface area (Å²) in [5.74, 6) is 0. The fourth-order valence-corrected chi connectivity index (χ4v) is 1.97. The molecule has 4 heteroatoms. The maximum Gasteiger partial charge on any atom is 0.0637 e. The molecule has 0 saturated heterocycles. The zero-order chi connectivity index (χ0) is 15.2. The van der Waals surface area contributed by atoms with Gasteiger partial charge in [-0.2, -0.15) is 0 Å². The molecule has 114 valence electrons. The molecule has 1 aromatic rings. The van der Waals surface area contributed by atoms with Crippen LogP contribution in [0.25, 0.3) is 0 Å². The Morgan fingerprint density at radius 3 is 2.60 bits per heavy atom. The van der Waals surface area contributed by atoms with Gasteiger partial charge in [0.25, 0.3) is 0 Å². The van der Waals surface area contributed by atoms with Gasteiger partial charge in [-0.15, -0.1) is 0 Å². The van der Waals surface area contributed by atoms with Crippen molar-refractivity contribution in [1.82, 2.24) is 10.3 Å². The molecule has 0 atom stereocenters. The van der Waals surface area contributed by atoms with Crippen LogP contribution in [0.2, 0.25) is 0 Å². The molecule has 0 saturated carbocycles. The fourth-order valence-electron chi connectivity index (χ4n) is 1.97. The summed E-state index contributed by atoms with van der Waals surface area (Å²) >= 11 is 0. The molecule has 0 spiro atoms. The van der Waals surface area contributed by atoms with Crippen LogP contribution >= 0.6 is 0 Å². The van der Waals surface area contributed by atoms with Crippen LogP contribution in [0.1, 0.15) is 40.3 Å². The van der Waals surface area contributed by atoms with Crippen LogP contribution in [0.5, 0.6) is 0 Å². The Kier molecular flexibility index (Phi) is 6.43. The third-order valence-electron chi connectivity index (χ3n) is 3.09. The summed E-state index contributed by atoms with van der Waals surface area (Å²) < 4.78 is 5.20. The van der Waals surface area contributed by atoms with Gasteiger partial charge in [-0.25, -0.2) is 0 Å². The van der Waals surface area contributed by atoms with Gasteiger partial charge in [0.1, 0.15) is 0 Å². The topological polar surface area (TPSA) is 37.4 Å². The molecule has 0 radical (unpaired) electrons. The number of methoxy groups -OCH3 is 1. The Hall–Kier alpha value is -1.13. The van der Waals surface area contributed by atoms with Gasteiger partial charge in [-0.3, -0.25) is 4.98 Å². The molecule has 0 fully saturated rings. The van der Waals surface area contributed by atoms with Gasteiger partial charge in [0.05, 0.1) is 12.3 Å². The number of nitrogens with one attached hydrogen (secondary N) is 1. The highest BCUT2D eigenvalue weighted by atomic mass is 16.5. The zero-order valence-electron chi connectivity index (χ0n) is 13.7. The van der Waals surface area contributed by atoms with Gasteiger partial charge in [0.2, 0.25) is 0 Å². The lowest BCUT2D eigenvalue weighted by Gasteiger charge is -2.29. The molecule has 0 aliphatic carbocycles. The van der Waals surface area contributed by atoms with Gasteiger partial charge in [-0.05, 0) is 46.8 Å². The molecule has 1 aromatic heterocycles. The summed E-state index contributed by atoms with van der Waals surface area (Å²) in [5.41, 5.74) is 2.38. The Balaban J connectivity index is 2.78. The lowest BCUT2D eigenvalue weighted by Crippen LogP contribution is -2.36.